The van der Waals surface area contributed by atoms with Gasteiger partial charge in [-0.1, -0.05) is 6.07 Å². The lowest BCUT2D eigenvalue weighted by Crippen LogP contribution is -2.40. The van der Waals surface area contributed by atoms with E-state index < -0.39 is 10.0 Å². The van der Waals surface area contributed by atoms with Crippen LogP contribution in [0.5, 0.6) is 0 Å². The molecule has 0 aliphatic carbocycles. The molecule has 1 aliphatic rings. The molecule has 0 saturated carbocycles. The molecule has 0 unspecified atom stereocenters. The third-order valence-corrected chi connectivity index (χ3v) is 6.86. The van der Waals surface area contributed by atoms with E-state index in [0.29, 0.717) is 38.5 Å². The number of sulfonamides is 1. The molecule has 3 heterocycles. The third kappa shape index (κ3) is 4.12. The van der Waals surface area contributed by atoms with E-state index in [1.54, 1.807) is 23.0 Å². The summed E-state index contributed by atoms with van der Waals surface area (Å²) < 4.78 is 33.5. The molecule has 1 fully saturated rings. The standard InChI is InChI=1S/C16H21N3O4S2/c1-18-12-14(25(21,22)19-6-8-23-9-7-19)11-15(18)16(20)17-5-4-13-3-2-10-24-13/h2-3,10-12H,4-9H2,1H3,(H,17,20). The number of thiophene rings is 1. The van der Waals surface area contributed by atoms with Crippen LogP contribution in [0.4, 0.5) is 0 Å². The smallest absolute Gasteiger partial charge is 0.267 e. The average Bonchev–Trinajstić information content (AvgIpc) is 3.25. The fourth-order valence-electron chi connectivity index (χ4n) is 2.68. The number of aromatic nitrogens is 1. The molecule has 9 heteroatoms. The van der Waals surface area contributed by atoms with Gasteiger partial charge < -0.3 is 14.6 Å². The highest BCUT2D eigenvalue weighted by molar-refractivity contribution is 7.89. The maximum atomic E-state index is 12.7. The molecule has 3 rings (SSSR count). The first kappa shape index (κ1) is 18.1. The molecule has 25 heavy (non-hydrogen) atoms. The van der Waals surface area contributed by atoms with Crippen LogP contribution in [0.25, 0.3) is 0 Å². The zero-order chi connectivity index (χ0) is 17.9. The lowest BCUT2D eigenvalue weighted by atomic mass is 10.3. The van der Waals surface area contributed by atoms with Crippen molar-refractivity contribution in [3.05, 3.63) is 40.3 Å². The maximum Gasteiger partial charge on any atom is 0.267 e. The van der Waals surface area contributed by atoms with E-state index in [2.05, 4.69) is 5.32 Å². The SMILES string of the molecule is Cn1cc(S(=O)(=O)N2CCOCC2)cc1C(=O)NCCc1cccs1. The fraction of sp³-hybridized carbons (Fsp3) is 0.438. The number of nitrogens with one attached hydrogen (secondary N) is 1. The van der Waals surface area contributed by atoms with Crippen molar-refractivity contribution in [2.24, 2.45) is 7.05 Å². The number of carbonyl (C=O) groups excluding carboxylic acids is 1. The summed E-state index contributed by atoms with van der Waals surface area (Å²) in [6.45, 7) is 1.96. The van der Waals surface area contributed by atoms with Gasteiger partial charge in [-0.2, -0.15) is 4.31 Å². The van der Waals surface area contributed by atoms with E-state index in [4.69, 9.17) is 4.74 Å². The zero-order valence-corrected chi connectivity index (χ0v) is 15.6. The summed E-state index contributed by atoms with van der Waals surface area (Å²) in [6, 6.07) is 5.43. The first-order chi connectivity index (χ1) is 12.0. The van der Waals surface area contributed by atoms with Crippen molar-refractivity contribution in [3.63, 3.8) is 0 Å². The normalized spacial score (nSPS) is 16.0. The number of morpholine rings is 1. The van der Waals surface area contributed by atoms with Gasteiger partial charge in [0.25, 0.3) is 5.91 Å². The second-order valence-electron chi connectivity index (χ2n) is 5.77. The summed E-state index contributed by atoms with van der Waals surface area (Å²) in [5, 5.41) is 4.84. The Morgan fingerprint density at radius 2 is 2.12 bits per heavy atom. The molecule has 136 valence electrons. The predicted molar refractivity (Wildman–Crippen MR) is 95.3 cm³/mol. The number of aryl methyl sites for hydroxylation is 1. The largest absolute Gasteiger partial charge is 0.379 e. The van der Waals surface area contributed by atoms with E-state index in [0.717, 1.165) is 6.42 Å². The lowest BCUT2D eigenvalue weighted by molar-refractivity contribution is 0.0730. The molecular formula is C16H21N3O4S2. The summed E-state index contributed by atoms with van der Waals surface area (Å²) in [6.07, 6.45) is 2.24. The number of hydrogen-bond donors (Lipinski definition) is 1. The van der Waals surface area contributed by atoms with Gasteiger partial charge in [-0.3, -0.25) is 4.79 Å². The van der Waals surface area contributed by atoms with Crippen LogP contribution in [-0.2, 0) is 28.2 Å². The van der Waals surface area contributed by atoms with Crippen molar-refractivity contribution in [1.29, 1.82) is 0 Å². The van der Waals surface area contributed by atoms with Gasteiger partial charge in [-0.25, -0.2) is 8.42 Å². The highest BCUT2D eigenvalue weighted by Crippen LogP contribution is 2.19. The van der Waals surface area contributed by atoms with Crippen molar-refractivity contribution in [3.8, 4) is 0 Å². The highest BCUT2D eigenvalue weighted by Gasteiger charge is 2.28. The Balaban J connectivity index is 1.67. The molecule has 2 aromatic rings. The number of nitrogens with zero attached hydrogens (tertiary/aromatic N) is 2. The zero-order valence-electron chi connectivity index (χ0n) is 14.0. The summed E-state index contributed by atoms with van der Waals surface area (Å²) in [5.41, 5.74) is 0.331. The quantitative estimate of drug-likeness (QED) is 0.809. The maximum absolute atomic E-state index is 12.7. The van der Waals surface area contributed by atoms with Crippen LogP contribution in [0.2, 0.25) is 0 Å². The van der Waals surface area contributed by atoms with Crippen LogP contribution in [0.15, 0.2) is 34.7 Å². The fourth-order valence-corrected chi connectivity index (χ4v) is 4.87. The van der Waals surface area contributed by atoms with Gasteiger partial charge in [0.1, 0.15) is 10.6 Å². The number of carbonyl (C=O) groups is 1. The van der Waals surface area contributed by atoms with Gasteiger partial charge in [0.15, 0.2) is 0 Å². The number of ether oxygens (including phenoxy) is 1. The van der Waals surface area contributed by atoms with Crippen molar-refractivity contribution in [2.45, 2.75) is 11.3 Å². The Bertz CT molecular complexity index is 822. The number of amides is 1. The minimum Gasteiger partial charge on any atom is -0.379 e. The topological polar surface area (TPSA) is 80.6 Å². The molecule has 1 saturated heterocycles. The monoisotopic (exact) mass is 383 g/mol. The van der Waals surface area contributed by atoms with Crippen LogP contribution in [-0.4, -0.2) is 56.0 Å². The Morgan fingerprint density at radius 3 is 2.80 bits per heavy atom. The molecule has 1 aliphatic heterocycles. The van der Waals surface area contributed by atoms with Gasteiger partial charge in [0.2, 0.25) is 10.0 Å². The summed E-state index contributed by atoms with van der Waals surface area (Å²) in [4.78, 5) is 13.7. The molecule has 7 nitrogen and oxygen atoms in total. The Kier molecular flexibility index (Phi) is 5.57. The summed E-state index contributed by atoms with van der Waals surface area (Å²) >= 11 is 1.65. The summed E-state index contributed by atoms with van der Waals surface area (Å²) in [5.74, 6) is -0.275. The van der Waals surface area contributed by atoms with Crippen molar-refractivity contribution < 1.29 is 17.9 Å². The van der Waals surface area contributed by atoms with Gasteiger partial charge in [-0.15, -0.1) is 11.3 Å². The van der Waals surface area contributed by atoms with Gasteiger partial charge >= 0.3 is 0 Å². The van der Waals surface area contributed by atoms with Gasteiger partial charge in [0, 0.05) is 37.8 Å². The minimum atomic E-state index is -3.60. The first-order valence-corrected chi connectivity index (χ1v) is 10.4. The predicted octanol–water partition coefficient (Wildman–Crippen LogP) is 1.08. The molecule has 0 spiro atoms. The van der Waals surface area contributed by atoms with Gasteiger partial charge in [-0.05, 0) is 23.9 Å². The summed E-state index contributed by atoms with van der Waals surface area (Å²) in [7, 11) is -1.93. The molecular weight excluding hydrogens is 362 g/mol. The molecule has 1 N–H and O–H groups in total. The molecule has 0 radical (unpaired) electrons. The minimum absolute atomic E-state index is 0.139. The Labute approximate surface area is 151 Å². The number of hydrogen-bond acceptors (Lipinski definition) is 5. The Hall–Kier alpha value is -1.68. The lowest BCUT2D eigenvalue weighted by Gasteiger charge is -2.25. The van der Waals surface area contributed by atoms with Crippen LogP contribution in [0.3, 0.4) is 0 Å². The van der Waals surface area contributed by atoms with Crippen molar-refractivity contribution >= 4 is 27.3 Å². The second kappa shape index (κ2) is 7.69. The first-order valence-electron chi connectivity index (χ1n) is 8.03. The van der Waals surface area contributed by atoms with E-state index in [9.17, 15) is 13.2 Å². The van der Waals surface area contributed by atoms with Crippen LogP contribution in [0, 0.1) is 0 Å². The molecule has 1 amide bonds. The van der Waals surface area contributed by atoms with Crippen molar-refractivity contribution in [1.82, 2.24) is 14.2 Å². The highest BCUT2D eigenvalue weighted by atomic mass is 32.2. The third-order valence-electron chi connectivity index (χ3n) is 4.06. The second-order valence-corrected chi connectivity index (χ2v) is 8.74. The molecule has 0 atom stereocenters. The Morgan fingerprint density at radius 1 is 1.36 bits per heavy atom. The van der Waals surface area contributed by atoms with E-state index in [-0.39, 0.29) is 10.8 Å². The van der Waals surface area contributed by atoms with E-state index >= 15 is 0 Å². The average molecular weight is 383 g/mol. The van der Waals surface area contributed by atoms with Crippen LogP contribution >= 0.6 is 11.3 Å². The van der Waals surface area contributed by atoms with Crippen molar-refractivity contribution in [2.75, 3.05) is 32.8 Å². The van der Waals surface area contributed by atoms with Crippen LogP contribution < -0.4 is 5.32 Å². The molecule has 0 bridgehead atoms. The van der Waals surface area contributed by atoms with E-state index in [1.165, 1.54) is 21.4 Å². The van der Waals surface area contributed by atoms with Gasteiger partial charge in [0.05, 0.1) is 13.2 Å². The molecule has 0 aromatic carbocycles. The van der Waals surface area contributed by atoms with E-state index in [1.807, 2.05) is 17.5 Å². The number of rotatable bonds is 6. The van der Waals surface area contributed by atoms with Crippen LogP contribution in [0.1, 0.15) is 15.4 Å². The molecule has 2 aromatic heterocycles.